The van der Waals surface area contributed by atoms with E-state index >= 15 is 0 Å². The first-order chi connectivity index (χ1) is 11.8. The lowest BCUT2D eigenvalue weighted by Gasteiger charge is -2.55. The zero-order chi connectivity index (χ0) is 18.9. The fourth-order valence-corrected chi connectivity index (χ4v) is 3.92. The highest BCUT2D eigenvalue weighted by Gasteiger charge is 2.53. The molecule has 1 rings (SSSR count). The number of hydrogen-bond acceptors (Lipinski definition) is 5. The molecule has 0 bridgehead atoms. The van der Waals surface area contributed by atoms with Crippen LogP contribution in [0.5, 0.6) is 0 Å². The van der Waals surface area contributed by atoms with E-state index in [1.165, 1.54) is 6.26 Å². The molecule has 0 heterocycles. The molecule has 26 heavy (non-hydrogen) atoms. The molecule has 7 nitrogen and oxygen atoms in total. The molecule has 1 saturated carbocycles. The molecule has 2 unspecified atom stereocenters. The number of sulfone groups is 1. The van der Waals surface area contributed by atoms with Crippen molar-refractivity contribution in [2.45, 2.75) is 52.2 Å². The Morgan fingerprint density at radius 3 is 2.38 bits per heavy atom. The quantitative estimate of drug-likeness (QED) is 0.193. The van der Waals surface area contributed by atoms with Gasteiger partial charge in [-0.1, -0.05) is 13.8 Å². The zero-order valence-corrected chi connectivity index (χ0v) is 19.9. The van der Waals surface area contributed by atoms with Crippen molar-refractivity contribution >= 4 is 39.8 Å². The minimum Gasteiger partial charge on any atom is -0.379 e. The van der Waals surface area contributed by atoms with E-state index in [-0.39, 0.29) is 41.8 Å². The molecule has 9 heteroatoms. The van der Waals surface area contributed by atoms with E-state index in [0.29, 0.717) is 25.3 Å². The van der Waals surface area contributed by atoms with Crippen LogP contribution in [0, 0.1) is 5.41 Å². The third-order valence-corrected chi connectivity index (χ3v) is 6.05. The first kappa shape index (κ1) is 25.9. The van der Waals surface area contributed by atoms with E-state index in [2.05, 4.69) is 29.5 Å². The van der Waals surface area contributed by atoms with Gasteiger partial charge < -0.3 is 20.1 Å². The predicted molar refractivity (Wildman–Crippen MR) is 117 cm³/mol. The van der Waals surface area contributed by atoms with Crippen LogP contribution in [0.4, 0.5) is 0 Å². The maximum atomic E-state index is 11.0. The second-order valence-electron chi connectivity index (χ2n) is 6.56. The second-order valence-corrected chi connectivity index (χ2v) is 8.82. The van der Waals surface area contributed by atoms with Gasteiger partial charge >= 0.3 is 0 Å². The Balaban J connectivity index is 0.00000625. The average Bonchev–Trinajstić information content (AvgIpc) is 2.55. The van der Waals surface area contributed by atoms with Crippen LogP contribution in [0.1, 0.15) is 40.0 Å². The maximum absolute atomic E-state index is 11.0. The summed E-state index contributed by atoms with van der Waals surface area (Å²) in [4.78, 5) is 4.27. The molecule has 0 aromatic rings. The monoisotopic (exact) mass is 505 g/mol. The standard InChI is InChI=1S/C17H35N3O4S.HI/c1-6-17(7-2)14(13-15(17)24-8-3)20-16(18-4)19-9-10-23-11-12-25(5,21)22;/h14-15H,6-13H2,1-5H3,(H2,18,19,20);1H. The van der Waals surface area contributed by atoms with Crippen molar-refractivity contribution in [1.82, 2.24) is 10.6 Å². The van der Waals surface area contributed by atoms with Crippen LogP contribution >= 0.6 is 24.0 Å². The van der Waals surface area contributed by atoms with Gasteiger partial charge in [-0.3, -0.25) is 4.99 Å². The van der Waals surface area contributed by atoms with Gasteiger partial charge in [0, 0.05) is 37.9 Å². The van der Waals surface area contributed by atoms with Crippen molar-refractivity contribution in [3.8, 4) is 0 Å². The summed E-state index contributed by atoms with van der Waals surface area (Å²) in [6.45, 7) is 8.47. The molecule has 1 aliphatic rings. The Morgan fingerprint density at radius 1 is 1.23 bits per heavy atom. The topological polar surface area (TPSA) is 89.0 Å². The predicted octanol–water partition coefficient (Wildman–Crippen LogP) is 1.81. The van der Waals surface area contributed by atoms with Gasteiger partial charge in [0.15, 0.2) is 5.96 Å². The van der Waals surface area contributed by atoms with Crippen molar-refractivity contribution in [2.24, 2.45) is 10.4 Å². The molecule has 0 saturated heterocycles. The van der Waals surface area contributed by atoms with Crippen LogP contribution in [-0.4, -0.2) is 71.9 Å². The van der Waals surface area contributed by atoms with Crippen LogP contribution in [0.2, 0.25) is 0 Å². The molecular weight excluding hydrogens is 469 g/mol. The Bertz CT molecular complexity index is 524. The van der Waals surface area contributed by atoms with Crippen LogP contribution in [0.3, 0.4) is 0 Å². The third kappa shape index (κ3) is 7.47. The van der Waals surface area contributed by atoms with E-state index in [1.54, 1.807) is 7.05 Å². The Kier molecular flexibility index (Phi) is 12.3. The van der Waals surface area contributed by atoms with Crippen molar-refractivity contribution in [1.29, 1.82) is 0 Å². The number of guanidine groups is 1. The molecule has 0 aromatic heterocycles. The summed E-state index contributed by atoms with van der Waals surface area (Å²) in [5.74, 6) is 0.800. The first-order valence-corrected chi connectivity index (χ1v) is 11.2. The minimum absolute atomic E-state index is 0. The molecule has 0 amide bonds. The lowest BCUT2D eigenvalue weighted by molar-refractivity contribution is -0.133. The molecule has 2 atom stereocenters. The number of ether oxygens (including phenoxy) is 2. The molecule has 156 valence electrons. The lowest BCUT2D eigenvalue weighted by atomic mass is 9.58. The first-order valence-electron chi connectivity index (χ1n) is 9.17. The van der Waals surface area contributed by atoms with Gasteiger partial charge in [-0.2, -0.15) is 0 Å². The normalized spacial score (nSPS) is 22.3. The van der Waals surface area contributed by atoms with Crippen LogP contribution < -0.4 is 10.6 Å². The van der Waals surface area contributed by atoms with E-state index in [9.17, 15) is 8.42 Å². The smallest absolute Gasteiger partial charge is 0.191 e. The minimum atomic E-state index is -2.97. The van der Waals surface area contributed by atoms with Gasteiger partial charge in [0.05, 0.1) is 25.1 Å². The van der Waals surface area contributed by atoms with Gasteiger partial charge in [-0.05, 0) is 26.2 Å². The molecule has 0 aliphatic heterocycles. The van der Waals surface area contributed by atoms with E-state index < -0.39 is 9.84 Å². The van der Waals surface area contributed by atoms with Crippen molar-refractivity contribution in [2.75, 3.05) is 45.4 Å². The van der Waals surface area contributed by atoms with E-state index in [0.717, 1.165) is 31.8 Å². The summed E-state index contributed by atoms with van der Waals surface area (Å²) in [6.07, 6.45) is 4.64. The number of rotatable bonds is 11. The molecule has 0 aromatic carbocycles. The summed E-state index contributed by atoms with van der Waals surface area (Å²) in [5.41, 5.74) is 0.152. The third-order valence-electron chi connectivity index (χ3n) is 5.14. The fourth-order valence-electron chi connectivity index (χ4n) is 3.50. The highest BCUT2D eigenvalue weighted by atomic mass is 127. The highest BCUT2D eigenvalue weighted by molar-refractivity contribution is 14.0. The number of hydrogen-bond donors (Lipinski definition) is 2. The van der Waals surface area contributed by atoms with Gasteiger partial charge in [0.2, 0.25) is 0 Å². The van der Waals surface area contributed by atoms with Gasteiger partial charge in [0.1, 0.15) is 9.84 Å². The molecule has 1 aliphatic carbocycles. The largest absolute Gasteiger partial charge is 0.379 e. The fraction of sp³-hybridized carbons (Fsp3) is 0.941. The summed E-state index contributed by atoms with van der Waals surface area (Å²) in [5, 5.41) is 6.73. The highest BCUT2D eigenvalue weighted by Crippen LogP contribution is 2.48. The maximum Gasteiger partial charge on any atom is 0.191 e. The number of aliphatic imine (C=N–C) groups is 1. The zero-order valence-electron chi connectivity index (χ0n) is 16.7. The van der Waals surface area contributed by atoms with Crippen LogP contribution in [0.25, 0.3) is 0 Å². The number of halogens is 1. The molecule has 0 radical (unpaired) electrons. The van der Waals surface area contributed by atoms with Crippen LogP contribution in [-0.2, 0) is 19.3 Å². The average molecular weight is 505 g/mol. The Morgan fingerprint density at radius 2 is 1.88 bits per heavy atom. The van der Waals surface area contributed by atoms with Crippen molar-refractivity contribution in [3.05, 3.63) is 0 Å². The van der Waals surface area contributed by atoms with Crippen molar-refractivity contribution < 1.29 is 17.9 Å². The number of nitrogens with zero attached hydrogens (tertiary/aromatic N) is 1. The molecular formula is C17H36IN3O4S. The Labute approximate surface area is 176 Å². The SMILES string of the molecule is CCOC1CC(NC(=NC)NCCOCCS(C)(=O)=O)C1(CC)CC.I. The summed E-state index contributed by atoms with van der Waals surface area (Å²) in [7, 11) is -1.22. The van der Waals surface area contributed by atoms with E-state index in [1.807, 2.05) is 6.92 Å². The summed E-state index contributed by atoms with van der Waals surface area (Å²) in [6, 6.07) is 0.344. The summed E-state index contributed by atoms with van der Waals surface area (Å²) >= 11 is 0. The summed E-state index contributed by atoms with van der Waals surface area (Å²) < 4.78 is 33.3. The van der Waals surface area contributed by atoms with Crippen molar-refractivity contribution in [3.63, 3.8) is 0 Å². The second kappa shape index (κ2) is 12.4. The van der Waals surface area contributed by atoms with Gasteiger partial charge in [0.25, 0.3) is 0 Å². The van der Waals surface area contributed by atoms with Gasteiger partial charge in [-0.25, -0.2) is 8.42 Å². The van der Waals surface area contributed by atoms with E-state index in [4.69, 9.17) is 9.47 Å². The molecule has 1 fully saturated rings. The molecule has 2 N–H and O–H groups in total. The Hall–Kier alpha value is -0.130. The molecule has 0 spiro atoms. The van der Waals surface area contributed by atoms with Crippen LogP contribution in [0.15, 0.2) is 4.99 Å². The lowest BCUT2D eigenvalue weighted by Crippen LogP contribution is -2.65. The number of nitrogens with one attached hydrogen (secondary N) is 2. The van der Waals surface area contributed by atoms with Gasteiger partial charge in [-0.15, -0.1) is 24.0 Å².